The van der Waals surface area contributed by atoms with E-state index in [0.717, 1.165) is 215 Å². The summed E-state index contributed by atoms with van der Waals surface area (Å²) in [4.78, 5) is 62.0. The lowest BCUT2D eigenvalue weighted by atomic mass is 10.0. The van der Waals surface area contributed by atoms with Crippen molar-refractivity contribution in [1.29, 1.82) is 0 Å². The number of rotatable bonds is 14. The molecule has 12 heterocycles. The standard InChI is InChI=1S/C114H67N17O/c1-6-23-68(24-7-1)109-121-110(69-25-8-2-9-26-69)124-113(123-109)130-96-37-20-16-33-80(96)83-47-40-75(60-103(83)130)94-67-115-66-93(119-94)74-44-51-100-87(59-74)86-58-73(43-50-99(86)129(100)78-45-52-101-89(63-78)107-102(39-22-55-116-107)127(101)77-31-14-5-15-32-77)92-64-106-90(65-118-92)88-62-79(46-53-105(88)132-106)128-95-36-19-18-35-82(95)85-57-72(42-49-98(85)128)91-54-56-117-108(120-91)76-41-48-84-81-34-17-21-38-97(81)131(104(84)61-76)114-125-111(70-27-10-3-11-28-70)122-112(126-114)71-29-12-4-13-30-71/h1-67H. The lowest BCUT2D eigenvalue weighted by Crippen LogP contribution is -2.06. The highest BCUT2D eigenvalue weighted by Crippen LogP contribution is 2.45. The topological polar surface area (TPSA) is 192 Å². The van der Waals surface area contributed by atoms with E-state index in [0.29, 0.717) is 46.7 Å². The van der Waals surface area contributed by atoms with Crippen molar-refractivity contribution in [3.8, 4) is 131 Å². The molecule has 0 radical (unpaired) electrons. The number of pyridine rings is 2. The summed E-state index contributed by atoms with van der Waals surface area (Å²) in [6.45, 7) is 0. The fourth-order valence-corrected chi connectivity index (χ4v) is 19.6. The molecule has 0 spiro atoms. The van der Waals surface area contributed by atoms with Crippen molar-refractivity contribution in [2.75, 3.05) is 0 Å². The predicted molar refractivity (Wildman–Crippen MR) is 528 cm³/mol. The highest BCUT2D eigenvalue weighted by atomic mass is 16.3. The van der Waals surface area contributed by atoms with E-state index in [4.69, 9.17) is 64.2 Å². The molecule has 0 N–H and O–H groups in total. The van der Waals surface area contributed by atoms with Gasteiger partial charge in [-0.15, -0.1) is 0 Å². The maximum atomic E-state index is 6.89. The number of aromatic nitrogens is 17. The molecule has 27 rings (SSSR count). The summed E-state index contributed by atoms with van der Waals surface area (Å²) >= 11 is 0. The molecule has 0 saturated heterocycles. The lowest BCUT2D eigenvalue weighted by Gasteiger charge is -2.11. The molecule has 0 amide bonds. The minimum absolute atomic E-state index is 0.506. The lowest BCUT2D eigenvalue weighted by molar-refractivity contribution is 0.668. The van der Waals surface area contributed by atoms with E-state index in [9.17, 15) is 0 Å². The second kappa shape index (κ2) is 29.6. The van der Waals surface area contributed by atoms with E-state index in [1.807, 2.05) is 164 Å². The Hall–Kier alpha value is -18.4. The summed E-state index contributed by atoms with van der Waals surface area (Å²) < 4.78 is 18.2. The monoisotopic (exact) mass is 1690 g/mol. The Morgan fingerprint density at radius 3 is 1.15 bits per heavy atom. The molecule has 0 fully saturated rings. The Balaban J connectivity index is 0.546. The fraction of sp³-hybridized carbons (Fsp3) is 0. The normalized spacial score (nSPS) is 11.9. The van der Waals surface area contributed by atoms with E-state index in [2.05, 4.69) is 265 Å². The quantitative estimate of drug-likeness (QED) is 0.0999. The van der Waals surface area contributed by atoms with Crippen molar-refractivity contribution in [3.63, 3.8) is 0 Å². The third-order valence-electron chi connectivity index (χ3n) is 25.7. The molecular formula is C114H67N17O. The highest BCUT2D eigenvalue weighted by molar-refractivity contribution is 6.16. The van der Waals surface area contributed by atoms with E-state index < -0.39 is 0 Å². The molecule has 0 saturated carbocycles. The number of hydrogen-bond donors (Lipinski definition) is 0. The first kappa shape index (κ1) is 73.9. The average Bonchev–Trinajstić information content (AvgIpc) is 1.72. The van der Waals surface area contributed by atoms with Gasteiger partial charge in [0, 0.05) is 151 Å². The molecule has 27 aromatic rings. The molecule has 18 heteroatoms. The second-order valence-corrected chi connectivity index (χ2v) is 33.2. The Morgan fingerprint density at radius 1 is 0.182 bits per heavy atom. The van der Waals surface area contributed by atoms with Gasteiger partial charge in [0.05, 0.1) is 95.9 Å². The van der Waals surface area contributed by atoms with Gasteiger partial charge in [-0.1, -0.05) is 237 Å². The van der Waals surface area contributed by atoms with Crippen LogP contribution in [0.1, 0.15) is 0 Å². The summed E-state index contributed by atoms with van der Waals surface area (Å²) in [7, 11) is 0. The largest absolute Gasteiger partial charge is 0.456 e. The maximum absolute atomic E-state index is 6.89. The molecule has 0 unspecified atom stereocenters. The number of fused-ring (bicyclic) bond motifs is 18. The zero-order chi connectivity index (χ0) is 86.6. The zero-order valence-electron chi connectivity index (χ0n) is 70.2. The first-order valence-corrected chi connectivity index (χ1v) is 43.8. The number of hydrogen-bond acceptors (Lipinski definition) is 13. The summed E-state index contributed by atoms with van der Waals surface area (Å²) in [6.07, 6.45) is 9.39. The van der Waals surface area contributed by atoms with Gasteiger partial charge >= 0.3 is 0 Å². The first-order chi connectivity index (χ1) is 65.4. The fourth-order valence-electron chi connectivity index (χ4n) is 19.6. The molecule has 0 aliphatic heterocycles. The van der Waals surface area contributed by atoms with Gasteiger partial charge in [0.25, 0.3) is 0 Å². The van der Waals surface area contributed by atoms with Crippen LogP contribution >= 0.6 is 0 Å². The van der Waals surface area contributed by atoms with Crippen LogP contribution < -0.4 is 0 Å². The third-order valence-corrected chi connectivity index (χ3v) is 25.7. The number of furan rings is 1. The van der Waals surface area contributed by atoms with Crippen LogP contribution in [-0.4, -0.2) is 82.6 Å². The smallest absolute Gasteiger partial charge is 0.238 e. The number of benzene rings is 15. The van der Waals surface area contributed by atoms with Crippen LogP contribution in [0.4, 0.5) is 0 Å². The van der Waals surface area contributed by atoms with Crippen molar-refractivity contribution >= 4 is 131 Å². The summed E-state index contributed by atoms with van der Waals surface area (Å²) in [5.41, 5.74) is 26.5. The summed E-state index contributed by atoms with van der Waals surface area (Å²) in [6, 6.07) is 130. The Bertz CT molecular complexity index is 9310. The molecule has 18 nitrogen and oxygen atoms in total. The molecule has 12 aromatic heterocycles. The third kappa shape index (κ3) is 12.0. The van der Waals surface area contributed by atoms with Crippen molar-refractivity contribution in [3.05, 3.63) is 407 Å². The second-order valence-electron chi connectivity index (χ2n) is 33.2. The molecule has 0 aliphatic rings. The minimum Gasteiger partial charge on any atom is -0.456 e. The van der Waals surface area contributed by atoms with Gasteiger partial charge in [-0.2, -0.15) is 19.9 Å². The van der Waals surface area contributed by atoms with Crippen molar-refractivity contribution in [1.82, 2.24) is 82.6 Å². The minimum atomic E-state index is 0.506. The van der Waals surface area contributed by atoms with Gasteiger partial charge in [0.15, 0.2) is 29.1 Å². The van der Waals surface area contributed by atoms with Crippen LogP contribution in [-0.2, 0) is 0 Å². The molecule has 15 aromatic carbocycles. The van der Waals surface area contributed by atoms with E-state index in [-0.39, 0.29) is 0 Å². The van der Waals surface area contributed by atoms with Gasteiger partial charge in [-0.25, -0.2) is 24.9 Å². The zero-order valence-corrected chi connectivity index (χ0v) is 70.2. The Kier molecular flexibility index (Phi) is 16.6. The van der Waals surface area contributed by atoms with Crippen LogP contribution in [0.5, 0.6) is 0 Å². The molecule has 0 atom stereocenters. The Labute approximate surface area is 751 Å². The van der Waals surface area contributed by atoms with Crippen molar-refractivity contribution in [2.24, 2.45) is 0 Å². The van der Waals surface area contributed by atoms with Crippen LogP contribution in [0, 0.1) is 0 Å². The van der Waals surface area contributed by atoms with E-state index in [1.54, 1.807) is 0 Å². The highest BCUT2D eigenvalue weighted by Gasteiger charge is 2.26. The molecule has 0 bridgehead atoms. The summed E-state index contributed by atoms with van der Waals surface area (Å²) in [5, 5.41) is 11.4. The first-order valence-electron chi connectivity index (χ1n) is 43.8. The number of para-hydroxylation sites is 4. The van der Waals surface area contributed by atoms with Gasteiger partial charge in [-0.3, -0.25) is 24.1 Å². The van der Waals surface area contributed by atoms with Crippen LogP contribution in [0.25, 0.3) is 262 Å². The summed E-state index contributed by atoms with van der Waals surface area (Å²) in [5.74, 6) is 3.92. The van der Waals surface area contributed by atoms with Crippen LogP contribution in [0.2, 0.25) is 0 Å². The molecule has 132 heavy (non-hydrogen) atoms. The molecule has 614 valence electrons. The predicted octanol–water partition coefficient (Wildman–Crippen LogP) is 26.8. The number of nitrogens with zero attached hydrogens (tertiary/aromatic N) is 17. The Morgan fingerprint density at radius 2 is 0.591 bits per heavy atom. The van der Waals surface area contributed by atoms with Gasteiger partial charge in [0.1, 0.15) is 11.2 Å². The molecule has 0 aliphatic carbocycles. The SMILES string of the molecule is c1ccc(-c2nc(-c3ccccc3)nc(-n3c4ccccc4c4ccc(-c5cncc(-c6ccc7c(c6)c6cc(-c8cc9oc%10ccc(-n%11c%12ccccc%12c%12cc(-c%13ccnc(-c%14ccc%15c%16ccccc%16n(-c%16nc(-c%17ccccc%17)nc(-c%17ccccc%17)n%16)c%15c%14)n%13)ccc%12%11)cc%10c9cn8)ccc6n7-c6ccc7c(c6)c6ncccc6n7-c6ccccc6)n5)cc43)n2)cc1. The van der Waals surface area contributed by atoms with Gasteiger partial charge in [-0.05, 0) is 133 Å². The van der Waals surface area contributed by atoms with Gasteiger partial charge < -0.3 is 18.1 Å². The van der Waals surface area contributed by atoms with E-state index in [1.165, 1.54) is 0 Å². The van der Waals surface area contributed by atoms with E-state index >= 15 is 0 Å². The van der Waals surface area contributed by atoms with Gasteiger partial charge in [0.2, 0.25) is 11.9 Å². The van der Waals surface area contributed by atoms with Crippen LogP contribution in [0.3, 0.4) is 0 Å². The average molecular weight is 1690 g/mol. The molecular weight excluding hydrogens is 1620 g/mol. The van der Waals surface area contributed by atoms with Crippen LogP contribution in [0.15, 0.2) is 412 Å². The maximum Gasteiger partial charge on any atom is 0.238 e. The van der Waals surface area contributed by atoms with Crippen molar-refractivity contribution < 1.29 is 4.42 Å². The van der Waals surface area contributed by atoms with Crippen molar-refractivity contribution in [2.45, 2.75) is 0 Å².